The van der Waals surface area contributed by atoms with Gasteiger partial charge in [0.1, 0.15) is 0 Å². The zero-order valence-corrected chi connectivity index (χ0v) is 12.9. The summed E-state index contributed by atoms with van der Waals surface area (Å²) in [6, 6.07) is 1.83. The maximum absolute atomic E-state index is 12.0. The molecule has 2 fully saturated rings. The number of piperidine rings is 2. The van der Waals surface area contributed by atoms with Crippen molar-refractivity contribution in [1.82, 2.24) is 14.9 Å². The lowest BCUT2D eigenvalue weighted by Gasteiger charge is -2.47. The van der Waals surface area contributed by atoms with E-state index in [1.54, 1.807) is 12.4 Å². The second-order valence-corrected chi connectivity index (χ2v) is 6.43. The van der Waals surface area contributed by atoms with Crippen LogP contribution in [0, 0.1) is 5.41 Å². The van der Waals surface area contributed by atoms with E-state index in [2.05, 4.69) is 14.9 Å². The van der Waals surface area contributed by atoms with Gasteiger partial charge in [0.05, 0.1) is 0 Å². The van der Waals surface area contributed by atoms with Crippen LogP contribution in [-0.2, 0) is 4.79 Å². The van der Waals surface area contributed by atoms with E-state index in [0.29, 0.717) is 19.4 Å². The number of carbonyl (C=O) groups excluding carboxylic acids is 1. The zero-order valence-electron chi connectivity index (χ0n) is 12.9. The first-order valence-corrected chi connectivity index (χ1v) is 8.13. The Morgan fingerprint density at radius 1 is 1.18 bits per heavy atom. The van der Waals surface area contributed by atoms with Crippen molar-refractivity contribution in [3.63, 3.8) is 0 Å². The molecule has 3 rings (SSSR count). The van der Waals surface area contributed by atoms with Gasteiger partial charge in [0, 0.05) is 51.6 Å². The van der Waals surface area contributed by atoms with E-state index in [4.69, 9.17) is 5.11 Å². The number of aliphatic hydroxyl groups is 1. The molecule has 3 heterocycles. The van der Waals surface area contributed by atoms with Gasteiger partial charge in [-0.2, -0.15) is 0 Å². The van der Waals surface area contributed by atoms with Crippen LogP contribution in [-0.4, -0.2) is 58.7 Å². The number of aliphatic hydroxyl groups excluding tert-OH is 1. The average molecular weight is 304 g/mol. The van der Waals surface area contributed by atoms with E-state index in [9.17, 15) is 4.79 Å². The lowest BCUT2D eigenvalue weighted by molar-refractivity contribution is -0.138. The zero-order chi connectivity index (χ0) is 15.4. The second kappa shape index (κ2) is 6.60. The van der Waals surface area contributed by atoms with Crippen molar-refractivity contribution in [2.24, 2.45) is 5.41 Å². The molecule has 2 saturated heterocycles. The Morgan fingerprint density at radius 3 is 2.59 bits per heavy atom. The fourth-order valence-electron chi connectivity index (χ4n) is 3.61. The highest BCUT2D eigenvalue weighted by molar-refractivity contribution is 5.77. The Morgan fingerprint density at radius 2 is 1.91 bits per heavy atom. The van der Waals surface area contributed by atoms with E-state index in [1.165, 1.54) is 0 Å². The third-order valence-corrected chi connectivity index (χ3v) is 4.99. The molecule has 2 aliphatic rings. The Hall–Kier alpha value is -1.69. The Kier molecular flexibility index (Phi) is 4.57. The van der Waals surface area contributed by atoms with Crippen LogP contribution in [0.4, 0.5) is 5.95 Å². The molecule has 6 heteroatoms. The number of likely N-dealkylation sites (tertiary alicyclic amines) is 1. The van der Waals surface area contributed by atoms with Gasteiger partial charge in [-0.25, -0.2) is 9.97 Å². The minimum Gasteiger partial charge on any atom is -0.396 e. The summed E-state index contributed by atoms with van der Waals surface area (Å²) in [7, 11) is 0. The van der Waals surface area contributed by atoms with Crippen LogP contribution in [0.1, 0.15) is 32.1 Å². The number of carbonyl (C=O) groups is 1. The van der Waals surface area contributed by atoms with Gasteiger partial charge in [0.15, 0.2) is 0 Å². The molecular formula is C16H24N4O2. The maximum Gasteiger partial charge on any atom is 0.225 e. The standard InChI is InChI=1S/C16H24N4O2/c21-12-2-9-20-13-16(4-3-14(20)22)5-10-19(11-6-16)15-17-7-1-8-18-15/h1,7-8,21H,2-6,9-13H2. The number of amides is 1. The largest absolute Gasteiger partial charge is 0.396 e. The molecule has 120 valence electrons. The summed E-state index contributed by atoms with van der Waals surface area (Å²) < 4.78 is 0. The van der Waals surface area contributed by atoms with Crippen molar-refractivity contribution in [3.05, 3.63) is 18.5 Å². The van der Waals surface area contributed by atoms with E-state index in [-0.39, 0.29) is 17.9 Å². The third-order valence-electron chi connectivity index (χ3n) is 4.99. The molecule has 0 saturated carbocycles. The molecule has 0 aromatic carbocycles. The Labute approximate surface area is 131 Å². The molecule has 0 aliphatic carbocycles. The number of anilines is 1. The molecule has 6 nitrogen and oxygen atoms in total. The van der Waals surface area contributed by atoms with Gasteiger partial charge < -0.3 is 14.9 Å². The number of hydrogen-bond acceptors (Lipinski definition) is 5. The Bertz CT molecular complexity index is 500. The molecule has 2 aliphatic heterocycles. The first-order valence-electron chi connectivity index (χ1n) is 8.13. The summed E-state index contributed by atoms with van der Waals surface area (Å²) in [6.45, 7) is 3.58. The maximum atomic E-state index is 12.0. The molecule has 1 amide bonds. The van der Waals surface area contributed by atoms with Gasteiger partial charge in [0.2, 0.25) is 11.9 Å². The van der Waals surface area contributed by atoms with Gasteiger partial charge in [-0.1, -0.05) is 0 Å². The Balaban J connectivity index is 1.60. The van der Waals surface area contributed by atoms with Gasteiger partial charge in [-0.3, -0.25) is 4.79 Å². The van der Waals surface area contributed by atoms with Crippen molar-refractivity contribution >= 4 is 11.9 Å². The van der Waals surface area contributed by atoms with E-state index < -0.39 is 0 Å². The van der Waals surface area contributed by atoms with Crippen molar-refractivity contribution in [2.45, 2.75) is 32.1 Å². The fourth-order valence-corrected chi connectivity index (χ4v) is 3.61. The van der Waals surface area contributed by atoms with Gasteiger partial charge in [-0.05, 0) is 37.2 Å². The number of nitrogens with zero attached hydrogens (tertiary/aromatic N) is 4. The topological polar surface area (TPSA) is 69.6 Å². The van der Waals surface area contributed by atoms with Crippen LogP contribution in [0.25, 0.3) is 0 Å². The minimum absolute atomic E-state index is 0.149. The summed E-state index contributed by atoms with van der Waals surface area (Å²) in [4.78, 5) is 24.9. The van der Waals surface area contributed by atoms with Crippen molar-refractivity contribution in [2.75, 3.05) is 37.7 Å². The minimum atomic E-state index is 0.149. The number of aromatic nitrogens is 2. The van der Waals surface area contributed by atoms with Crippen LogP contribution in [0.3, 0.4) is 0 Å². The van der Waals surface area contributed by atoms with Crippen molar-refractivity contribution in [3.8, 4) is 0 Å². The highest BCUT2D eigenvalue weighted by atomic mass is 16.3. The highest BCUT2D eigenvalue weighted by Crippen LogP contribution is 2.40. The number of hydrogen-bond donors (Lipinski definition) is 1. The van der Waals surface area contributed by atoms with Crippen LogP contribution < -0.4 is 4.90 Å². The second-order valence-electron chi connectivity index (χ2n) is 6.43. The molecule has 22 heavy (non-hydrogen) atoms. The first kappa shape index (κ1) is 15.2. The monoisotopic (exact) mass is 304 g/mol. The molecule has 1 spiro atoms. The third kappa shape index (κ3) is 3.21. The van der Waals surface area contributed by atoms with Gasteiger partial charge >= 0.3 is 0 Å². The van der Waals surface area contributed by atoms with Crippen molar-refractivity contribution in [1.29, 1.82) is 0 Å². The lowest BCUT2D eigenvalue weighted by atomic mass is 9.72. The summed E-state index contributed by atoms with van der Waals surface area (Å²) in [6.07, 6.45) is 8.03. The summed E-state index contributed by atoms with van der Waals surface area (Å²) in [5.41, 5.74) is 0.245. The summed E-state index contributed by atoms with van der Waals surface area (Å²) in [5.74, 6) is 1.05. The predicted octanol–water partition coefficient (Wildman–Crippen LogP) is 1.07. The highest BCUT2D eigenvalue weighted by Gasteiger charge is 2.41. The molecule has 0 atom stereocenters. The summed E-state index contributed by atoms with van der Waals surface area (Å²) >= 11 is 0. The van der Waals surface area contributed by atoms with Crippen molar-refractivity contribution < 1.29 is 9.90 Å². The van der Waals surface area contributed by atoms with Crippen LogP contribution >= 0.6 is 0 Å². The van der Waals surface area contributed by atoms with E-state index >= 15 is 0 Å². The molecule has 1 aromatic heterocycles. The number of rotatable bonds is 4. The molecule has 0 unspecified atom stereocenters. The molecule has 0 radical (unpaired) electrons. The summed E-state index contributed by atoms with van der Waals surface area (Å²) in [5, 5.41) is 8.99. The van der Waals surface area contributed by atoms with E-state index in [1.807, 2.05) is 11.0 Å². The van der Waals surface area contributed by atoms with Crippen LogP contribution in [0.5, 0.6) is 0 Å². The molecule has 1 aromatic rings. The predicted molar refractivity (Wildman–Crippen MR) is 83.4 cm³/mol. The van der Waals surface area contributed by atoms with Crippen LogP contribution in [0.2, 0.25) is 0 Å². The SMILES string of the molecule is O=C1CCC2(CCN(c3ncccn3)CC2)CN1CCCO. The lowest BCUT2D eigenvalue weighted by Crippen LogP contribution is -2.52. The van der Waals surface area contributed by atoms with Crippen LogP contribution in [0.15, 0.2) is 18.5 Å². The normalized spacial score (nSPS) is 21.4. The van der Waals surface area contributed by atoms with E-state index in [0.717, 1.165) is 44.8 Å². The quantitative estimate of drug-likeness (QED) is 0.901. The van der Waals surface area contributed by atoms with Gasteiger partial charge in [-0.15, -0.1) is 0 Å². The van der Waals surface area contributed by atoms with Gasteiger partial charge in [0.25, 0.3) is 0 Å². The molecular weight excluding hydrogens is 280 g/mol. The molecule has 1 N–H and O–H groups in total. The smallest absolute Gasteiger partial charge is 0.225 e. The fraction of sp³-hybridized carbons (Fsp3) is 0.688. The molecule has 0 bridgehead atoms. The average Bonchev–Trinajstić information content (AvgIpc) is 2.57. The first-order chi connectivity index (χ1) is 10.7.